The van der Waals surface area contributed by atoms with E-state index in [1.807, 2.05) is 0 Å². The van der Waals surface area contributed by atoms with Crippen molar-refractivity contribution in [1.82, 2.24) is 0 Å². The topological polar surface area (TPSA) is 91.7 Å². The predicted molar refractivity (Wildman–Crippen MR) is 97.0 cm³/mol. The van der Waals surface area contributed by atoms with Gasteiger partial charge < -0.3 is 10.2 Å². The lowest BCUT2D eigenvalue weighted by atomic mass is 10.0. The summed E-state index contributed by atoms with van der Waals surface area (Å²) in [7, 11) is 0. The molecule has 0 radical (unpaired) electrons. The average molecular weight is 348 g/mol. The van der Waals surface area contributed by atoms with E-state index in [1.165, 1.54) is 24.3 Å². The Hall–Kier alpha value is -3.47. The van der Waals surface area contributed by atoms with Crippen LogP contribution < -0.4 is 0 Å². The van der Waals surface area contributed by atoms with E-state index in [2.05, 4.69) is 0 Å². The summed E-state index contributed by atoms with van der Waals surface area (Å²) in [6.07, 6.45) is 4.81. The predicted octanol–water partition coefficient (Wildman–Crippen LogP) is 3.91. The average Bonchev–Trinajstić information content (AvgIpc) is 2.96. The largest absolute Gasteiger partial charge is 0.478 e. The lowest BCUT2D eigenvalue weighted by molar-refractivity contribution is -0.111. The number of Topliss-reactive ketones (excluding diaryl/α,β-unsaturated/α-hetero) is 1. The summed E-state index contributed by atoms with van der Waals surface area (Å²) in [4.78, 5) is 34.3. The smallest absolute Gasteiger partial charge is 0.335 e. The molecule has 5 heteroatoms. The molecule has 0 aromatic heterocycles. The number of allylic oxidation sites excluding steroid dienone is 2. The van der Waals surface area contributed by atoms with Gasteiger partial charge in [0.15, 0.2) is 5.78 Å². The number of rotatable bonds is 4. The van der Waals surface area contributed by atoms with E-state index in [4.69, 9.17) is 10.2 Å². The first-order chi connectivity index (χ1) is 12.4. The molecular weight excluding hydrogens is 332 g/mol. The zero-order valence-corrected chi connectivity index (χ0v) is 13.8. The molecule has 0 unspecified atom stereocenters. The highest BCUT2D eigenvalue weighted by Gasteiger charge is 2.22. The van der Waals surface area contributed by atoms with Gasteiger partial charge in [0, 0.05) is 11.1 Å². The van der Waals surface area contributed by atoms with Crippen molar-refractivity contribution in [2.45, 2.75) is 12.8 Å². The van der Waals surface area contributed by atoms with Crippen molar-refractivity contribution >= 4 is 29.9 Å². The Bertz CT molecular complexity index is 854. The van der Waals surface area contributed by atoms with Crippen LogP contribution in [0.5, 0.6) is 0 Å². The van der Waals surface area contributed by atoms with Crippen molar-refractivity contribution in [1.29, 1.82) is 0 Å². The molecule has 1 aliphatic rings. The molecule has 26 heavy (non-hydrogen) atoms. The Morgan fingerprint density at radius 1 is 0.692 bits per heavy atom. The lowest BCUT2D eigenvalue weighted by Crippen LogP contribution is -1.97. The van der Waals surface area contributed by atoms with E-state index in [-0.39, 0.29) is 16.9 Å². The molecule has 0 aliphatic heterocycles. The molecule has 0 atom stereocenters. The molecular formula is C21H16O5. The minimum absolute atomic E-state index is 0.0328. The van der Waals surface area contributed by atoms with Gasteiger partial charge in [0.2, 0.25) is 0 Å². The summed E-state index contributed by atoms with van der Waals surface area (Å²) < 4.78 is 0. The third-order valence-corrected chi connectivity index (χ3v) is 4.24. The van der Waals surface area contributed by atoms with Crippen LogP contribution in [0.15, 0.2) is 59.7 Å². The van der Waals surface area contributed by atoms with Gasteiger partial charge in [0.1, 0.15) is 0 Å². The monoisotopic (exact) mass is 348 g/mol. The maximum Gasteiger partial charge on any atom is 0.335 e. The fraction of sp³-hybridized carbons (Fsp3) is 0.0952. The molecule has 3 rings (SSSR count). The highest BCUT2D eigenvalue weighted by atomic mass is 16.4. The number of carboxylic acid groups (broad SMARTS) is 2. The molecule has 0 heterocycles. The summed E-state index contributed by atoms with van der Waals surface area (Å²) in [5.41, 5.74) is 3.34. The minimum atomic E-state index is -0.986. The highest BCUT2D eigenvalue weighted by Crippen LogP contribution is 2.29. The molecule has 1 saturated carbocycles. The second kappa shape index (κ2) is 7.19. The number of benzene rings is 2. The number of ketones is 1. The van der Waals surface area contributed by atoms with Crippen molar-refractivity contribution in [3.05, 3.63) is 81.9 Å². The first-order valence-electron chi connectivity index (χ1n) is 8.06. The van der Waals surface area contributed by atoms with Gasteiger partial charge in [-0.25, -0.2) is 9.59 Å². The van der Waals surface area contributed by atoms with Gasteiger partial charge >= 0.3 is 11.9 Å². The third kappa shape index (κ3) is 3.78. The molecule has 5 nitrogen and oxygen atoms in total. The molecule has 0 bridgehead atoms. The fourth-order valence-electron chi connectivity index (χ4n) is 2.82. The molecule has 0 amide bonds. The third-order valence-electron chi connectivity index (χ3n) is 4.24. The zero-order valence-electron chi connectivity index (χ0n) is 13.8. The van der Waals surface area contributed by atoms with E-state index in [1.54, 1.807) is 36.4 Å². The molecule has 2 aromatic rings. The van der Waals surface area contributed by atoms with Crippen molar-refractivity contribution in [2.75, 3.05) is 0 Å². The van der Waals surface area contributed by atoms with E-state index < -0.39 is 11.9 Å². The molecule has 130 valence electrons. The van der Waals surface area contributed by atoms with Crippen molar-refractivity contribution in [3.63, 3.8) is 0 Å². The Morgan fingerprint density at radius 2 is 1.04 bits per heavy atom. The van der Waals surface area contributed by atoms with Crippen LogP contribution in [0.4, 0.5) is 0 Å². The van der Waals surface area contributed by atoms with Gasteiger partial charge in [0.25, 0.3) is 0 Å². The Morgan fingerprint density at radius 3 is 1.35 bits per heavy atom. The second-order valence-electron chi connectivity index (χ2n) is 6.02. The van der Waals surface area contributed by atoms with Crippen LogP contribution in [-0.4, -0.2) is 27.9 Å². The van der Waals surface area contributed by atoms with Crippen LogP contribution in [0.25, 0.3) is 12.2 Å². The van der Waals surface area contributed by atoms with Crippen LogP contribution in [0.3, 0.4) is 0 Å². The number of carboxylic acids is 2. The summed E-state index contributed by atoms with van der Waals surface area (Å²) in [5, 5.41) is 17.8. The maximum atomic E-state index is 12.5. The van der Waals surface area contributed by atoms with Crippen LogP contribution in [0.2, 0.25) is 0 Å². The number of carbonyl (C=O) groups excluding carboxylic acids is 1. The van der Waals surface area contributed by atoms with Crippen LogP contribution >= 0.6 is 0 Å². The normalized spacial score (nSPS) is 17.0. The molecule has 1 fully saturated rings. The molecule has 2 N–H and O–H groups in total. The van der Waals surface area contributed by atoms with Crippen LogP contribution in [0.1, 0.15) is 44.7 Å². The quantitative estimate of drug-likeness (QED) is 0.817. The maximum absolute atomic E-state index is 12.5. The van der Waals surface area contributed by atoms with Crippen molar-refractivity contribution in [2.24, 2.45) is 0 Å². The van der Waals surface area contributed by atoms with Crippen molar-refractivity contribution < 1.29 is 24.6 Å². The van der Waals surface area contributed by atoms with Gasteiger partial charge in [-0.15, -0.1) is 0 Å². The van der Waals surface area contributed by atoms with E-state index in [0.29, 0.717) is 24.0 Å². The van der Waals surface area contributed by atoms with Gasteiger partial charge in [-0.2, -0.15) is 0 Å². The molecule has 0 saturated heterocycles. The van der Waals surface area contributed by atoms with Crippen LogP contribution in [0, 0.1) is 0 Å². The van der Waals surface area contributed by atoms with Crippen molar-refractivity contribution in [3.8, 4) is 0 Å². The van der Waals surface area contributed by atoms with Gasteiger partial charge in [-0.1, -0.05) is 24.3 Å². The summed E-state index contributed by atoms with van der Waals surface area (Å²) in [5.74, 6) is -2.00. The number of carbonyl (C=O) groups is 3. The Labute approximate surface area is 149 Å². The SMILES string of the molecule is O=C1/C(=C/c2ccc(C(=O)O)cc2)CC/C1=C\c1ccc(C(=O)O)cc1. The standard InChI is InChI=1S/C21H16O5/c22-19-17(11-13-1-5-15(6-2-13)20(23)24)9-10-18(19)12-14-3-7-16(8-4-14)21(25)26/h1-8,11-12H,9-10H2,(H,23,24)(H,25,26)/b17-11+,18-12+. The van der Waals surface area contributed by atoms with Gasteiger partial charge in [-0.05, 0) is 60.4 Å². The van der Waals surface area contributed by atoms with Crippen LogP contribution in [-0.2, 0) is 4.79 Å². The fourth-order valence-corrected chi connectivity index (χ4v) is 2.82. The molecule has 2 aromatic carbocycles. The van der Waals surface area contributed by atoms with E-state index in [9.17, 15) is 14.4 Å². The lowest BCUT2D eigenvalue weighted by Gasteiger charge is -1.99. The van der Waals surface area contributed by atoms with Gasteiger partial charge in [0.05, 0.1) is 11.1 Å². The zero-order chi connectivity index (χ0) is 18.7. The number of hydrogen-bond acceptors (Lipinski definition) is 3. The van der Waals surface area contributed by atoms with E-state index >= 15 is 0 Å². The first-order valence-corrected chi connectivity index (χ1v) is 8.06. The minimum Gasteiger partial charge on any atom is -0.478 e. The second-order valence-corrected chi connectivity index (χ2v) is 6.02. The van der Waals surface area contributed by atoms with Gasteiger partial charge in [-0.3, -0.25) is 4.79 Å². The molecule has 0 spiro atoms. The highest BCUT2D eigenvalue weighted by molar-refractivity contribution is 6.15. The first kappa shape index (κ1) is 17.4. The number of aromatic carboxylic acids is 2. The summed E-state index contributed by atoms with van der Waals surface area (Å²) >= 11 is 0. The Balaban J connectivity index is 1.78. The van der Waals surface area contributed by atoms with E-state index in [0.717, 1.165) is 11.1 Å². The summed E-state index contributed by atoms with van der Waals surface area (Å²) in [6, 6.07) is 12.7. The number of hydrogen-bond donors (Lipinski definition) is 2. The Kier molecular flexibility index (Phi) is 4.80. The molecule has 1 aliphatic carbocycles. The summed E-state index contributed by atoms with van der Waals surface area (Å²) in [6.45, 7) is 0.